The number of amides is 1. The largest absolute Gasteiger partial charge is 0.497 e. The van der Waals surface area contributed by atoms with Crippen molar-refractivity contribution in [3.8, 4) is 5.75 Å². The van der Waals surface area contributed by atoms with Gasteiger partial charge in [-0.15, -0.1) is 0 Å². The van der Waals surface area contributed by atoms with Gasteiger partial charge in [-0.25, -0.2) is 0 Å². The third-order valence-electron chi connectivity index (χ3n) is 3.59. The first kappa shape index (κ1) is 15.8. The van der Waals surface area contributed by atoms with E-state index in [9.17, 15) is 4.79 Å². The van der Waals surface area contributed by atoms with E-state index >= 15 is 0 Å². The Hall–Kier alpha value is -2.11. The van der Waals surface area contributed by atoms with Gasteiger partial charge < -0.3 is 9.30 Å². The summed E-state index contributed by atoms with van der Waals surface area (Å²) in [6.45, 7) is 2.00. The van der Waals surface area contributed by atoms with Crippen LogP contribution in [0.25, 0.3) is 10.2 Å². The Balaban J connectivity index is 2.08. The summed E-state index contributed by atoms with van der Waals surface area (Å²) in [6, 6.07) is 10.7. The molecule has 0 aliphatic heterocycles. The van der Waals surface area contributed by atoms with Crippen LogP contribution in [-0.4, -0.2) is 17.6 Å². The molecule has 0 aliphatic rings. The number of hydrogen-bond acceptors (Lipinski definition) is 3. The van der Waals surface area contributed by atoms with E-state index < -0.39 is 0 Å². The summed E-state index contributed by atoms with van der Waals surface area (Å²) < 4.78 is 8.03. The molecule has 0 saturated carbocycles. The number of methoxy groups -OCH3 is 1. The van der Waals surface area contributed by atoms with Gasteiger partial charge in [0.1, 0.15) is 5.75 Å². The summed E-state index contributed by atoms with van der Waals surface area (Å²) >= 11 is 7.55. The highest BCUT2D eigenvalue weighted by Gasteiger charge is 2.10. The molecule has 6 heteroatoms. The van der Waals surface area contributed by atoms with Crippen LogP contribution in [0.15, 0.2) is 41.4 Å². The number of nitrogens with zero attached hydrogens (tertiary/aromatic N) is 2. The number of carbonyl (C=O) groups excluding carboxylic acids is 1. The molecule has 23 heavy (non-hydrogen) atoms. The number of rotatable bonds is 2. The molecule has 0 spiro atoms. The van der Waals surface area contributed by atoms with Crippen LogP contribution in [0.4, 0.5) is 0 Å². The molecule has 1 amide bonds. The Morgan fingerprint density at radius 1 is 1.26 bits per heavy atom. The quantitative estimate of drug-likeness (QED) is 0.705. The molecular weight excluding hydrogens is 332 g/mol. The monoisotopic (exact) mass is 346 g/mol. The van der Waals surface area contributed by atoms with Crippen molar-refractivity contribution in [1.82, 2.24) is 4.57 Å². The Morgan fingerprint density at radius 2 is 1.96 bits per heavy atom. The summed E-state index contributed by atoms with van der Waals surface area (Å²) in [5.41, 5.74) is 2.63. The number of aryl methyl sites for hydroxylation is 2. The van der Waals surface area contributed by atoms with E-state index in [0.717, 1.165) is 15.8 Å². The van der Waals surface area contributed by atoms with Crippen LogP contribution in [-0.2, 0) is 7.05 Å². The zero-order valence-corrected chi connectivity index (χ0v) is 14.5. The fraction of sp³-hybridized carbons (Fsp3) is 0.176. The topological polar surface area (TPSA) is 43.6 Å². The predicted molar refractivity (Wildman–Crippen MR) is 93.4 cm³/mol. The van der Waals surface area contributed by atoms with Crippen molar-refractivity contribution in [3.05, 3.63) is 57.3 Å². The van der Waals surface area contributed by atoms with Gasteiger partial charge in [0.05, 0.1) is 17.3 Å². The molecule has 3 aromatic rings. The fourth-order valence-electron chi connectivity index (χ4n) is 2.46. The van der Waals surface area contributed by atoms with E-state index in [1.807, 2.05) is 30.7 Å². The van der Waals surface area contributed by atoms with E-state index in [1.165, 1.54) is 11.3 Å². The van der Waals surface area contributed by atoms with Gasteiger partial charge in [-0.05, 0) is 48.9 Å². The Bertz CT molecular complexity index is 955. The average Bonchev–Trinajstić information content (AvgIpc) is 2.83. The molecule has 0 radical (unpaired) electrons. The average molecular weight is 347 g/mol. The molecule has 0 fully saturated rings. The van der Waals surface area contributed by atoms with Crippen LogP contribution in [0.5, 0.6) is 5.75 Å². The van der Waals surface area contributed by atoms with Gasteiger partial charge in [0, 0.05) is 17.6 Å². The Labute approximate surface area is 142 Å². The molecule has 1 heterocycles. The SMILES string of the molecule is COc1ccc(C(=O)N=c2sc3cc(Cl)cc(C)c3n2C)cc1. The van der Waals surface area contributed by atoms with Crippen molar-refractivity contribution in [2.45, 2.75) is 6.92 Å². The second-order valence-corrected chi connectivity index (χ2v) is 6.60. The maximum absolute atomic E-state index is 12.4. The number of benzene rings is 2. The summed E-state index contributed by atoms with van der Waals surface area (Å²) in [6.07, 6.45) is 0. The van der Waals surface area contributed by atoms with E-state index in [4.69, 9.17) is 16.3 Å². The zero-order valence-electron chi connectivity index (χ0n) is 13.0. The molecule has 0 aliphatic carbocycles. The van der Waals surface area contributed by atoms with E-state index in [-0.39, 0.29) is 5.91 Å². The lowest BCUT2D eigenvalue weighted by Crippen LogP contribution is -2.13. The maximum Gasteiger partial charge on any atom is 0.279 e. The lowest BCUT2D eigenvalue weighted by atomic mass is 10.2. The molecule has 2 aromatic carbocycles. The van der Waals surface area contributed by atoms with Gasteiger partial charge in [-0.3, -0.25) is 4.79 Å². The highest BCUT2D eigenvalue weighted by Crippen LogP contribution is 2.25. The highest BCUT2D eigenvalue weighted by molar-refractivity contribution is 7.16. The van der Waals surface area contributed by atoms with Crippen LogP contribution < -0.4 is 9.54 Å². The second-order valence-electron chi connectivity index (χ2n) is 5.16. The van der Waals surface area contributed by atoms with Gasteiger partial charge in [0.2, 0.25) is 0 Å². The van der Waals surface area contributed by atoms with Gasteiger partial charge in [-0.2, -0.15) is 4.99 Å². The summed E-state index contributed by atoms with van der Waals surface area (Å²) in [5.74, 6) is 0.429. The molecule has 0 unspecified atom stereocenters. The number of aromatic nitrogens is 1. The van der Waals surface area contributed by atoms with Crippen LogP contribution in [0, 0.1) is 6.92 Å². The second kappa shape index (κ2) is 6.18. The lowest BCUT2D eigenvalue weighted by Gasteiger charge is -2.01. The van der Waals surface area contributed by atoms with Gasteiger partial charge in [-0.1, -0.05) is 22.9 Å². The summed E-state index contributed by atoms with van der Waals surface area (Å²) in [4.78, 5) is 17.2. The molecule has 0 atom stereocenters. The number of thiazole rings is 1. The van der Waals surface area contributed by atoms with Crippen LogP contribution in [0.3, 0.4) is 0 Å². The third kappa shape index (κ3) is 3.02. The predicted octanol–water partition coefficient (Wildman–Crippen LogP) is 3.95. The van der Waals surface area contributed by atoms with Crippen molar-refractivity contribution in [1.29, 1.82) is 0 Å². The third-order valence-corrected chi connectivity index (χ3v) is 4.89. The van der Waals surface area contributed by atoms with Crippen molar-refractivity contribution < 1.29 is 9.53 Å². The van der Waals surface area contributed by atoms with Crippen molar-refractivity contribution in [2.24, 2.45) is 12.0 Å². The fourth-order valence-corrected chi connectivity index (χ4v) is 3.93. The van der Waals surface area contributed by atoms with Crippen LogP contribution >= 0.6 is 22.9 Å². The lowest BCUT2D eigenvalue weighted by molar-refractivity contribution is 0.0998. The van der Waals surface area contributed by atoms with Crippen molar-refractivity contribution >= 4 is 39.1 Å². The minimum absolute atomic E-state index is 0.279. The molecule has 118 valence electrons. The normalized spacial score (nSPS) is 11.9. The smallest absolute Gasteiger partial charge is 0.279 e. The highest BCUT2D eigenvalue weighted by atomic mass is 35.5. The van der Waals surface area contributed by atoms with Crippen LogP contribution in [0.1, 0.15) is 15.9 Å². The number of fused-ring (bicyclic) bond motifs is 1. The molecule has 0 saturated heterocycles. The number of carbonyl (C=O) groups is 1. The summed E-state index contributed by atoms with van der Waals surface area (Å²) in [5, 5.41) is 0.685. The standard InChI is InChI=1S/C17H15ClN2O2S/c1-10-8-12(18)9-14-15(10)20(2)17(23-14)19-16(21)11-4-6-13(22-3)7-5-11/h4-9H,1-3H3. The van der Waals surface area contributed by atoms with Crippen molar-refractivity contribution in [2.75, 3.05) is 7.11 Å². The minimum Gasteiger partial charge on any atom is -0.497 e. The van der Waals surface area contributed by atoms with Crippen LogP contribution in [0.2, 0.25) is 5.02 Å². The maximum atomic E-state index is 12.4. The van der Waals surface area contributed by atoms with E-state index in [1.54, 1.807) is 31.4 Å². The summed E-state index contributed by atoms with van der Waals surface area (Å²) in [7, 11) is 3.49. The number of hydrogen-bond donors (Lipinski definition) is 0. The molecule has 4 nitrogen and oxygen atoms in total. The van der Waals surface area contributed by atoms with E-state index in [2.05, 4.69) is 4.99 Å². The molecule has 0 bridgehead atoms. The van der Waals surface area contributed by atoms with E-state index in [0.29, 0.717) is 21.1 Å². The Kier molecular flexibility index (Phi) is 4.24. The number of halogens is 1. The Morgan fingerprint density at radius 3 is 2.61 bits per heavy atom. The molecular formula is C17H15ClN2O2S. The van der Waals surface area contributed by atoms with Crippen molar-refractivity contribution in [3.63, 3.8) is 0 Å². The first-order valence-electron chi connectivity index (χ1n) is 6.98. The molecule has 3 rings (SSSR count). The number of ether oxygens (including phenoxy) is 1. The van der Waals surface area contributed by atoms with Gasteiger partial charge >= 0.3 is 0 Å². The first-order valence-corrected chi connectivity index (χ1v) is 8.18. The minimum atomic E-state index is -0.279. The molecule has 0 N–H and O–H groups in total. The zero-order chi connectivity index (χ0) is 16.6. The first-order chi connectivity index (χ1) is 11.0. The van der Waals surface area contributed by atoms with Gasteiger partial charge in [0.25, 0.3) is 5.91 Å². The molecule has 1 aromatic heterocycles. The van der Waals surface area contributed by atoms with Gasteiger partial charge in [0.15, 0.2) is 4.80 Å².